The zero-order chi connectivity index (χ0) is 17.4. The molecule has 4 rings (SSSR count). The van der Waals surface area contributed by atoms with Gasteiger partial charge in [-0.3, -0.25) is 4.68 Å². The minimum absolute atomic E-state index is 0.231. The van der Waals surface area contributed by atoms with Gasteiger partial charge in [-0.25, -0.2) is 14.3 Å². The van der Waals surface area contributed by atoms with Crippen molar-refractivity contribution < 1.29 is 0 Å². The monoisotopic (exact) mass is 390 g/mol. The molecule has 0 spiro atoms. The Morgan fingerprint density at radius 3 is 3.04 bits per heavy atom. The molecule has 3 aromatic heterocycles. The molecule has 9 heteroatoms. The standard InChI is InChI=1S/C16H15ClN6S2/c1-2-25-22-9-16(10-22,4-5-18)23-8-11(7-19-23)13-14-12(3-6-24-14)20-15(17)21-13/h3,6-8H,2,4,9-10H2,1H3. The first-order valence-electron chi connectivity index (χ1n) is 7.86. The van der Waals surface area contributed by atoms with Gasteiger partial charge in [0.05, 0.1) is 34.6 Å². The first kappa shape index (κ1) is 16.8. The van der Waals surface area contributed by atoms with Crippen LogP contribution in [0, 0.1) is 11.3 Å². The summed E-state index contributed by atoms with van der Waals surface area (Å²) < 4.78 is 5.20. The van der Waals surface area contributed by atoms with Crippen molar-refractivity contribution in [3.63, 3.8) is 0 Å². The molecule has 0 N–H and O–H groups in total. The summed E-state index contributed by atoms with van der Waals surface area (Å²) in [5, 5.41) is 16.0. The van der Waals surface area contributed by atoms with Crippen LogP contribution in [0.3, 0.4) is 0 Å². The van der Waals surface area contributed by atoms with E-state index < -0.39 is 0 Å². The second-order valence-corrected chi connectivity index (χ2v) is 8.53. The summed E-state index contributed by atoms with van der Waals surface area (Å²) in [6.07, 6.45) is 4.21. The molecule has 0 amide bonds. The van der Waals surface area contributed by atoms with E-state index in [0.717, 1.165) is 40.3 Å². The first-order valence-corrected chi connectivity index (χ1v) is 10.1. The molecule has 1 fully saturated rings. The van der Waals surface area contributed by atoms with Gasteiger partial charge in [0.2, 0.25) is 5.28 Å². The maximum atomic E-state index is 9.27. The summed E-state index contributed by atoms with van der Waals surface area (Å²) in [6, 6.07) is 4.25. The highest BCUT2D eigenvalue weighted by Gasteiger charge is 2.45. The SMILES string of the molecule is CCSN1CC(CC#N)(n2cc(-c3nc(Cl)nc4ccsc34)cn2)C1. The van der Waals surface area contributed by atoms with Gasteiger partial charge >= 0.3 is 0 Å². The summed E-state index contributed by atoms with van der Waals surface area (Å²) in [5.41, 5.74) is 2.27. The molecule has 4 heterocycles. The topological polar surface area (TPSA) is 70.6 Å². The molecule has 128 valence electrons. The molecule has 1 saturated heterocycles. The number of thiophene rings is 1. The lowest BCUT2D eigenvalue weighted by Gasteiger charge is -2.48. The van der Waals surface area contributed by atoms with Crippen LogP contribution in [0.1, 0.15) is 13.3 Å². The number of fused-ring (bicyclic) bond motifs is 1. The number of aromatic nitrogens is 4. The molecule has 1 aliphatic rings. The van der Waals surface area contributed by atoms with Crippen molar-refractivity contribution in [1.82, 2.24) is 24.1 Å². The molecule has 0 unspecified atom stereocenters. The highest BCUT2D eigenvalue weighted by molar-refractivity contribution is 7.97. The Kier molecular flexibility index (Phi) is 4.41. The molecule has 0 aliphatic carbocycles. The van der Waals surface area contributed by atoms with Crippen molar-refractivity contribution in [3.8, 4) is 17.3 Å². The highest BCUT2D eigenvalue weighted by Crippen LogP contribution is 2.38. The summed E-state index contributed by atoms with van der Waals surface area (Å²) in [4.78, 5) is 8.65. The van der Waals surface area contributed by atoms with E-state index in [-0.39, 0.29) is 10.8 Å². The van der Waals surface area contributed by atoms with Crippen molar-refractivity contribution in [2.24, 2.45) is 0 Å². The third-order valence-corrected chi connectivity index (χ3v) is 6.24. The first-order chi connectivity index (χ1) is 12.1. The van der Waals surface area contributed by atoms with E-state index in [1.54, 1.807) is 29.5 Å². The number of hydrogen-bond donors (Lipinski definition) is 0. The Balaban J connectivity index is 1.70. The Bertz CT molecular complexity index is 953. The minimum atomic E-state index is -0.263. The number of nitriles is 1. The van der Waals surface area contributed by atoms with Gasteiger partial charge in [-0.15, -0.1) is 11.3 Å². The van der Waals surface area contributed by atoms with Crippen molar-refractivity contribution in [2.75, 3.05) is 18.8 Å². The average Bonchev–Trinajstić information content (AvgIpc) is 3.21. The quantitative estimate of drug-likeness (QED) is 0.487. The van der Waals surface area contributed by atoms with Crippen molar-refractivity contribution >= 4 is 45.1 Å². The zero-order valence-electron chi connectivity index (χ0n) is 13.5. The van der Waals surface area contributed by atoms with Gasteiger partial charge in [-0.1, -0.05) is 18.9 Å². The van der Waals surface area contributed by atoms with Crippen LogP contribution < -0.4 is 0 Å². The van der Waals surface area contributed by atoms with Gasteiger partial charge in [0.15, 0.2) is 0 Å². The second kappa shape index (κ2) is 6.57. The fourth-order valence-electron chi connectivity index (χ4n) is 3.10. The van der Waals surface area contributed by atoms with E-state index in [4.69, 9.17) is 11.6 Å². The van der Waals surface area contributed by atoms with Gasteiger partial charge in [-0.05, 0) is 23.0 Å². The summed E-state index contributed by atoms with van der Waals surface area (Å²) in [5.74, 6) is 1.03. The second-order valence-electron chi connectivity index (χ2n) is 5.92. The number of halogens is 1. The van der Waals surface area contributed by atoms with E-state index in [1.165, 1.54) is 0 Å². The van der Waals surface area contributed by atoms with Gasteiger partial charge < -0.3 is 0 Å². The predicted molar refractivity (Wildman–Crippen MR) is 102 cm³/mol. The smallest absolute Gasteiger partial charge is 0.223 e. The zero-order valence-corrected chi connectivity index (χ0v) is 15.9. The van der Waals surface area contributed by atoms with Crippen molar-refractivity contribution in [1.29, 1.82) is 5.26 Å². The number of nitrogens with zero attached hydrogens (tertiary/aromatic N) is 6. The van der Waals surface area contributed by atoms with Crippen molar-refractivity contribution in [2.45, 2.75) is 18.9 Å². The van der Waals surface area contributed by atoms with Crippen LogP contribution in [-0.2, 0) is 5.54 Å². The Labute approximate surface area is 158 Å². The van der Waals surface area contributed by atoms with Crippen LogP contribution in [0.4, 0.5) is 0 Å². The largest absolute Gasteiger partial charge is 0.262 e. The lowest BCUT2D eigenvalue weighted by atomic mass is 9.89. The Morgan fingerprint density at radius 2 is 2.28 bits per heavy atom. The van der Waals surface area contributed by atoms with Crippen LogP contribution in [0.25, 0.3) is 21.5 Å². The van der Waals surface area contributed by atoms with E-state index in [2.05, 4.69) is 32.4 Å². The van der Waals surface area contributed by atoms with Crippen LogP contribution in [0.15, 0.2) is 23.8 Å². The lowest BCUT2D eigenvalue weighted by Crippen LogP contribution is -2.60. The molecule has 0 bridgehead atoms. The summed E-state index contributed by atoms with van der Waals surface area (Å²) in [7, 11) is 0. The third-order valence-electron chi connectivity index (χ3n) is 4.28. The van der Waals surface area contributed by atoms with Crippen LogP contribution in [-0.4, -0.2) is 42.9 Å². The Hall–Kier alpha value is -1.66. The molecule has 0 radical (unpaired) electrons. The van der Waals surface area contributed by atoms with Gasteiger partial charge in [0.1, 0.15) is 5.54 Å². The molecule has 1 aliphatic heterocycles. The lowest BCUT2D eigenvalue weighted by molar-refractivity contribution is 0.0812. The molecule has 0 saturated carbocycles. The predicted octanol–water partition coefficient (Wildman–Crippen LogP) is 3.80. The molecule has 25 heavy (non-hydrogen) atoms. The van der Waals surface area contributed by atoms with Gasteiger partial charge in [-0.2, -0.15) is 10.4 Å². The third kappa shape index (κ3) is 2.91. The van der Waals surface area contributed by atoms with Crippen LogP contribution in [0.2, 0.25) is 5.28 Å². The molecular formula is C16H15ClN6S2. The van der Waals surface area contributed by atoms with E-state index >= 15 is 0 Å². The van der Waals surface area contributed by atoms with Gasteiger partial charge in [0, 0.05) is 30.6 Å². The van der Waals surface area contributed by atoms with Gasteiger partial charge in [0.25, 0.3) is 0 Å². The highest BCUT2D eigenvalue weighted by atomic mass is 35.5. The van der Waals surface area contributed by atoms with E-state index in [9.17, 15) is 5.26 Å². The minimum Gasteiger partial charge on any atom is -0.262 e. The number of rotatable bonds is 5. The molecule has 6 nitrogen and oxygen atoms in total. The van der Waals surface area contributed by atoms with Crippen LogP contribution >= 0.6 is 34.9 Å². The summed E-state index contributed by atoms with van der Waals surface area (Å²) >= 11 is 9.45. The van der Waals surface area contributed by atoms with Crippen molar-refractivity contribution in [3.05, 3.63) is 29.1 Å². The normalized spacial score (nSPS) is 16.7. The molecular weight excluding hydrogens is 376 g/mol. The molecule has 0 atom stereocenters. The average molecular weight is 391 g/mol. The van der Waals surface area contributed by atoms with Crippen LogP contribution in [0.5, 0.6) is 0 Å². The maximum Gasteiger partial charge on any atom is 0.223 e. The fourth-order valence-corrected chi connectivity index (χ4v) is 5.15. The molecule has 0 aromatic carbocycles. The van der Waals surface area contributed by atoms with E-state index in [0.29, 0.717) is 6.42 Å². The summed E-state index contributed by atoms with van der Waals surface area (Å²) in [6.45, 7) is 3.77. The number of hydrogen-bond acceptors (Lipinski definition) is 7. The fraction of sp³-hybridized carbons (Fsp3) is 0.375. The maximum absolute atomic E-state index is 9.27. The Morgan fingerprint density at radius 1 is 1.44 bits per heavy atom. The molecule has 3 aromatic rings. The van der Waals surface area contributed by atoms with E-state index in [1.807, 2.05) is 22.3 Å².